The third-order valence-electron chi connectivity index (χ3n) is 5.09. The molecule has 2 heterocycles. The third-order valence-corrected chi connectivity index (χ3v) is 5.09. The van der Waals surface area contributed by atoms with E-state index < -0.39 is 0 Å². The Morgan fingerprint density at radius 3 is 2.95 bits per heavy atom. The van der Waals surface area contributed by atoms with Crippen LogP contribution >= 0.6 is 0 Å². The van der Waals surface area contributed by atoms with Gasteiger partial charge in [0, 0.05) is 19.1 Å². The number of nitrogens with zero attached hydrogens (tertiary/aromatic N) is 1. The summed E-state index contributed by atoms with van der Waals surface area (Å²) in [6, 6.07) is 0.697. The summed E-state index contributed by atoms with van der Waals surface area (Å²) in [4.78, 5) is 14.7. The van der Waals surface area contributed by atoms with E-state index in [-0.39, 0.29) is 6.04 Å². The number of amides is 1. The first kappa shape index (κ1) is 13.2. The van der Waals surface area contributed by atoms with Crippen molar-refractivity contribution in [2.24, 2.45) is 5.92 Å². The van der Waals surface area contributed by atoms with E-state index in [0.29, 0.717) is 11.9 Å². The summed E-state index contributed by atoms with van der Waals surface area (Å²) in [6.07, 6.45) is 10.9. The number of nitrogens with one attached hydrogen (secondary N) is 1. The second-order valence-corrected chi connectivity index (χ2v) is 6.55. The summed E-state index contributed by atoms with van der Waals surface area (Å²) in [7, 11) is 0. The molecule has 0 bridgehead atoms. The molecule has 19 heavy (non-hydrogen) atoms. The summed E-state index contributed by atoms with van der Waals surface area (Å²) in [5.74, 6) is 1.18. The van der Waals surface area contributed by atoms with E-state index in [2.05, 4.69) is 23.2 Å². The maximum Gasteiger partial charge on any atom is 0.240 e. The molecule has 2 fully saturated rings. The normalized spacial score (nSPS) is 35.5. The van der Waals surface area contributed by atoms with Crippen molar-refractivity contribution in [3.63, 3.8) is 0 Å². The second kappa shape index (κ2) is 5.66. The number of hydrogen-bond donors (Lipinski definition) is 1. The Bertz CT molecular complexity index is 377. The predicted octanol–water partition coefficient (Wildman–Crippen LogP) is 2.48. The summed E-state index contributed by atoms with van der Waals surface area (Å²) >= 11 is 0. The Balaban J connectivity index is 1.60. The van der Waals surface area contributed by atoms with Gasteiger partial charge in [-0.1, -0.05) is 24.5 Å². The number of hydrogen-bond acceptors (Lipinski definition) is 2. The zero-order valence-electron chi connectivity index (χ0n) is 12.0. The van der Waals surface area contributed by atoms with Crippen LogP contribution in [-0.2, 0) is 4.79 Å². The highest BCUT2D eigenvalue weighted by Gasteiger charge is 2.36. The van der Waals surface area contributed by atoms with Gasteiger partial charge in [-0.25, -0.2) is 0 Å². The van der Waals surface area contributed by atoms with Gasteiger partial charge in [0.05, 0.1) is 6.04 Å². The second-order valence-electron chi connectivity index (χ2n) is 6.55. The van der Waals surface area contributed by atoms with Gasteiger partial charge in [-0.15, -0.1) is 0 Å². The van der Waals surface area contributed by atoms with Crippen molar-refractivity contribution >= 4 is 5.91 Å². The Morgan fingerprint density at radius 1 is 1.26 bits per heavy atom. The Labute approximate surface area is 116 Å². The first-order valence-corrected chi connectivity index (χ1v) is 7.94. The van der Waals surface area contributed by atoms with Crippen molar-refractivity contribution in [3.8, 4) is 0 Å². The molecule has 3 unspecified atom stereocenters. The van der Waals surface area contributed by atoms with Crippen molar-refractivity contribution < 1.29 is 4.79 Å². The zero-order valence-corrected chi connectivity index (χ0v) is 12.0. The van der Waals surface area contributed by atoms with E-state index in [1.807, 2.05) is 0 Å². The summed E-state index contributed by atoms with van der Waals surface area (Å²) < 4.78 is 0. The van der Waals surface area contributed by atoms with Gasteiger partial charge < -0.3 is 10.2 Å². The van der Waals surface area contributed by atoms with E-state index in [4.69, 9.17) is 0 Å². The number of fused-ring (bicyclic) bond motifs is 1. The molecule has 3 rings (SSSR count). The lowest BCUT2D eigenvalue weighted by Crippen LogP contribution is -2.56. The van der Waals surface area contributed by atoms with Crippen LogP contribution in [0.15, 0.2) is 11.6 Å². The largest absolute Gasteiger partial charge is 0.337 e. The standard InChI is InChI=1S/C16H26N2O/c1-12-5-4-10-18(11-12)16(19)15-9-8-13-6-2-3-7-14(13)17-15/h5,13-15,17H,2-4,6-11H2,1H3. The molecule has 1 N–H and O–H groups in total. The lowest BCUT2D eigenvalue weighted by molar-refractivity contribution is -0.134. The molecule has 3 heteroatoms. The van der Waals surface area contributed by atoms with Crippen molar-refractivity contribution in [3.05, 3.63) is 11.6 Å². The molecule has 0 aromatic rings. The van der Waals surface area contributed by atoms with Crippen LogP contribution in [-0.4, -0.2) is 36.0 Å². The average Bonchev–Trinajstić information content (AvgIpc) is 2.46. The molecule has 106 valence electrons. The predicted molar refractivity (Wildman–Crippen MR) is 76.9 cm³/mol. The van der Waals surface area contributed by atoms with Crippen LogP contribution in [0.5, 0.6) is 0 Å². The van der Waals surface area contributed by atoms with Gasteiger partial charge >= 0.3 is 0 Å². The highest BCUT2D eigenvalue weighted by Crippen LogP contribution is 2.32. The van der Waals surface area contributed by atoms with Gasteiger partial charge in [0.15, 0.2) is 0 Å². The highest BCUT2D eigenvalue weighted by atomic mass is 16.2. The van der Waals surface area contributed by atoms with Gasteiger partial charge in [0.1, 0.15) is 0 Å². The van der Waals surface area contributed by atoms with E-state index in [1.165, 1.54) is 37.7 Å². The first-order valence-electron chi connectivity index (χ1n) is 7.94. The quantitative estimate of drug-likeness (QED) is 0.736. The van der Waals surface area contributed by atoms with Crippen LogP contribution in [0.25, 0.3) is 0 Å². The lowest BCUT2D eigenvalue weighted by atomic mass is 9.77. The zero-order chi connectivity index (χ0) is 13.2. The molecule has 1 saturated heterocycles. The smallest absolute Gasteiger partial charge is 0.240 e. The molecule has 1 saturated carbocycles. The topological polar surface area (TPSA) is 32.3 Å². The fourth-order valence-corrected chi connectivity index (χ4v) is 4.01. The molecule has 2 aliphatic heterocycles. The van der Waals surface area contributed by atoms with Crippen molar-refractivity contribution in [2.75, 3.05) is 13.1 Å². The number of piperidine rings is 1. The van der Waals surface area contributed by atoms with Crippen molar-refractivity contribution in [1.82, 2.24) is 10.2 Å². The third kappa shape index (κ3) is 2.86. The molecule has 1 aliphatic carbocycles. The Hall–Kier alpha value is -0.830. The Kier molecular flexibility index (Phi) is 3.92. The van der Waals surface area contributed by atoms with Gasteiger partial charge in [0.25, 0.3) is 0 Å². The minimum atomic E-state index is 0.0882. The van der Waals surface area contributed by atoms with Gasteiger partial charge in [-0.2, -0.15) is 0 Å². The van der Waals surface area contributed by atoms with E-state index in [1.54, 1.807) is 0 Å². The summed E-state index contributed by atoms with van der Waals surface area (Å²) in [5.41, 5.74) is 1.34. The van der Waals surface area contributed by atoms with Gasteiger partial charge in [-0.05, 0) is 44.9 Å². The van der Waals surface area contributed by atoms with Crippen molar-refractivity contribution in [2.45, 2.75) is 64.0 Å². The molecular formula is C16H26N2O. The molecule has 1 amide bonds. The monoisotopic (exact) mass is 262 g/mol. The van der Waals surface area contributed by atoms with Crippen LogP contribution < -0.4 is 5.32 Å². The van der Waals surface area contributed by atoms with Crippen LogP contribution in [0.4, 0.5) is 0 Å². The van der Waals surface area contributed by atoms with Crippen LogP contribution in [0, 0.1) is 5.92 Å². The molecular weight excluding hydrogens is 236 g/mol. The van der Waals surface area contributed by atoms with E-state index in [0.717, 1.165) is 31.8 Å². The van der Waals surface area contributed by atoms with E-state index in [9.17, 15) is 4.79 Å². The minimum absolute atomic E-state index is 0.0882. The molecule has 3 nitrogen and oxygen atoms in total. The van der Waals surface area contributed by atoms with E-state index >= 15 is 0 Å². The molecule has 3 atom stereocenters. The molecule has 0 aromatic heterocycles. The lowest BCUT2D eigenvalue weighted by Gasteiger charge is -2.41. The van der Waals surface area contributed by atoms with Crippen LogP contribution in [0.1, 0.15) is 51.9 Å². The number of carbonyl (C=O) groups is 1. The molecule has 0 spiro atoms. The molecule has 0 radical (unpaired) electrons. The number of rotatable bonds is 1. The summed E-state index contributed by atoms with van der Waals surface area (Å²) in [5, 5.41) is 3.66. The first-order chi connectivity index (χ1) is 9.24. The average molecular weight is 262 g/mol. The minimum Gasteiger partial charge on any atom is -0.337 e. The van der Waals surface area contributed by atoms with Crippen molar-refractivity contribution in [1.29, 1.82) is 0 Å². The molecule has 0 aromatic carbocycles. The summed E-state index contributed by atoms with van der Waals surface area (Å²) in [6.45, 7) is 3.87. The maximum absolute atomic E-state index is 12.6. The SMILES string of the molecule is CC1=CCCN(C(=O)C2CCC3CCCCC3N2)C1. The number of carbonyl (C=O) groups excluding carboxylic acids is 1. The van der Waals surface area contributed by atoms with Crippen LogP contribution in [0.2, 0.25) is 0 Å². The Morgan fingerprint density at radius 2 is 2.11 bits per heavy atom. The van der Waals surface area contributed by atoms with Gasteiger partial charge in [0.2, 0.25) is 5.91 Å². The van der Waals surface area contributed by atoms with Gasteiger partial charge in [-0.3, -0.25) is 4.79 Å². The maximum atomic E-state index is 12.6. The molecule has 3 aliphatic rings. The fraction of sp³-hybridized carbons (Fsp3) is 0.812. The highest BCUT2D eigenvalue weighted by molar-refractivity contribution is 5.82. The van der Waals surface area contributed by atoms with Crippen LogP contribution in [0.3, 0.4) is 0 Å². The fourth-order valence-electron chi connectivity index (χ4n) is 4.01.